The third kappa shape index (κ3) is 4.28. The van der Waals surface area contributed by atoms with E-state index < -0.39 is 0 Å². The second kappa shape index (κ2) is 10.8. The summed E-state index contributed by atoms with van der Waals surface area (Å²) < 4.78 is 0. The highest BCUT2D eigenvalue weighted by Crippen LogP contribution is 2.55. The minimum absolute atomic E-state index is 0.101. The first kappa shape index (κ1) is 29.9. The van der Waals surface area contributed by atoms with Gasteiger partial charge in [0.15, 0.2) is 0 Å². The van der Waals surface area contributed by atoms with E-state index in [0.29, 0.717) is 0 Å². The van der Waals surface area contributed by atoms with Gasteiger partial charge in [0.25, 0.3) is 0 Å². The lowest BCUT2D eigenvalue weighted by molar-refractivity contribution is 0.645. The first-order chi connectivity index (χ1) is 24.8. The van der Waals surface area contributed by atoms with Gasteiger partial charge in [0.05, 0.1) is 5.69 Å². The van der Waals surface area contributed by atoms with Gasteiger partial charge in [0.2, 0.25) is 0 Å². The number of hydrogen-bond acceptors (Lipinski definition) is 1. The van der Waals surface area contributed by atoms with Gasteiger partial charge in [-0.1, -0.05) is 161 Å². The zero-order chi connectivity index (χ0) is 34.5. The second-order valence-electron chi connectivity index (χ2n) is 15.3. The molecule has 0 unspecified atom stereocenters. The third-order valence-electron chi connectivity index (χ3n) is 11.8. The first-order valence-corrected chi connectivity index (χ1v) is 18.1. The Labute approximate surface area is 300 Å². The van der Waals surface area contributed by atoms with Crippen LogP contribution < -0.4 is 4.90 Å². The predicted octanol–water partition coefficient (Wildman–Crippen LogP) is 13.7. The van der Waals surface area contributed by atoms with Crippen LogP contribution in [-0.4, -0.2) is 0 Å². The van der Waals surface area contributed by atoms with Crippen LogP contribution in [0, 0.1) is 0 Å². The van der Waals surface area contributed by atoms with Crippen molar-refractivity contribution in [2.45, 2.75) is 38.5 Å². The number of fused-ring (bicyclic) bond motifs is 6. The number of rotatable bonds is 4. The van der Waals surface area contributed by atoms with Crippen LogP contribution in [0.2, 0.25) is 0 Å². The average molecular weight is 654 g/mol. The maximum absolute atomic E-state index is 2.50. The Kier molecular flexibility index (Phi) is 6.34. The highest BCUT2D eigenvalue weighted by atomic mass is 15.1. The molecular weight excluding hydrogens is 615 g/mol. The fourth-order valence-corrected chi connectivity index (χ4v) is 9.27. The van der Waals surface area contributed by atoms with Crippen molar-refractivity contribution in [3.05, 3.63) is 186 Å². The maximum atomic E-state index is 2.50. The van der Waals surface area contributed by atoms with Crippen LogP contribution in [0.15, 0.2) is 164 Å². The minimum Gasteiger partial charge on any atom is -0.310 e. The fourth-order valence-electron chi connectivity index (χ4n) is 9.27. The van der Waals surface area contributed by atoms with Crippen molar-refractivity contribution in [2.75, 3.05) is 4.90 Å². The molecule has 10 rings (SSSR count). The molecule has 0 fully saturated rings. The van der Waals surface area contributed by atoms with Gasteiger partial charge < -0.3 is 4.90 Å². The molecule has 1 nitrogen and oxygen atoms in total. The summed E-state index contributed by atoms with van der Waals surface area (Å²) in [4.78, 5) is 2.50. The van der Waals surface area contributed by atoms with E-state index in [2.05, 4.69) is 196 Å². The van der Waals surface area contributed by atoms with E-state index in [1.165, 1.54) is 88.6 Å². The molecule has 8 aromatic carbocycles. The third-order valence-corrected chi connectivity index (χ3v) is 11.8. The average Bonchev–Trinajstić information content (AvgIpc) is 3.39. The molecule has 0 bridgehead atoms. The molecule has 1 heteroatoms. The van der Waals surface area contributed by atoms with Crippen molar-refractivity contribution in [1.82, 2.24) is 0 Å². The van der Waals surface area contributed by atoms with Gasteiger partial charge in [-0.25, -0.2) is 0 Å². The van der Waals surface area contributed by atoms with Gasteiger partial charge in [-0.15, -0.1) is 0 Å². The molecule has 0 saturated heterocycles. The van der Waals surface area contributed by atoms with Crippen LogP contribution in [0.25, 0.3) is 54.9 Å². The lowest BCUT2D eigenvalue weighted by Crippen LogP contribution is -2.24. The number of nitrogens with zero attached hydrogens (tertiary/aromatic N) is 1. The van der Waals surface area contributed by atoms with E-state index in [9.17, 15) is 0 Å². The molecule has 0 N–H and O–H groups in total. The molecule has 0 saturated carbocycles. The Balaban J connectivity index is 1.26. The zero-order valence-electron chi connectivity index (χ0n) is 29.5. The molecule has 2 aliphatic rings. The van der Waals surface area contributed by atoms with Gasteiger partial charge in [-0.05, 0) is 102 Å². The molecule has 0 aromatic heterocycles. The summed E-state index contributed by atoms with van der Waals surface area (Å²) in [5, 5.41) is 5.12. The molecule has 2 aliphatic carbocycles. The largest absolute Gasteiger partial charge is 0.310 e. The molecule has 0 radical (unpaired) electrons. The summed E-state index contributed by atoms with van der Waals surface area (Å²) in [6.07, 6.45) is 0. The summed E-state index contributed by atoms with van der Waals surface area (Å²) >= 11 is 0. The van der Waals surface area contributed by atoms with Crippen molar-refractivity contribution >= 4 is 38.6 Å². The van der Waals surface area contributed by atoms with Gasteiger partial charge in [-0.2, -0.15) is 0 Å². The summed E-state index contributed by atoms with van der Waals surface area (Å²) in [6, 6.07) is 61.1. The van der Waals surface area contributed by atoms with Gasteiger partial charge in [0, 0.05) is 27.6 Å². The minimum atomic E-state index is -0.163. The van der Waals surface area contributed by atoms with Crippen molar-refractivity contribution in [3.63, 3.8) is 0 Å². The Bertz CT molecular complexity index is 2690. The zero-order valence-corrected chi connectivity index (χ0v) is 29.5. The van der Waals surface area contributed by atoms with Crippen LogP contribution in [0.1, 0.15) is 49.9 Å². The van der Waals surface area contributed by atoms with Crippen LogP contribution in [-0.2, 0) is 10.8 Å². The van der Waals surface area contributed by atoms with Gasteiger partial charge >= 0.3 is 0 Å². The summed E-state index contributed by atoms with van der Waals surface area (Å²) in [7, 11) is 0. The maximum Gasteiger partial charge on any atom is 0.0540 e. The van der Waals surface area contributed by atoms with Crippen molar-refractivity contribution in [2.24, 2.45) is 0 Å². The summed E-state index contributed by atoms with van der Waals surface area (Å²) in [5.41, 5.74) is 16.6. The Morgan fingerprint density at radius 3 is 1.88 bits per heavy atom. The number of benzene rings is 8. The number of hydrogen-bond donors (Lipinski definition) is 0. The van der Waals surface area contributed by atoms with E-state index in [-0.39, 0.29) is 10.8 Å². The lowest BCUT2D eigenvalue weighted by atomic mass is 9.67. The van der Waals surface area contributed by atoms with Crippen LogP contribution in [0.3, 0.4) is 0 Å². The summed E-state index contributed by atoms with van der Waals surface area (Å²) in [6.45, 7) is 9.52. The van der Waals surface area contributed by atoms with Crippen molar-refractivity contribution in [1.29, 1.82) is 0 Å². The second-order valence-corrected chi connectivity index (χ2v) is 15.3. The van der Waals surface area contributed by atoms with E-state index in [0.717, 1.165) is 5.69 Å². The van der Waals surface area contributed by atoms with E-state index in [1.807, 2.05) is 0 Å². The molecule has 0 spiro atoms. The molecular formula is C50H39N. The van der Waals surface area contributed by atoms with Crippen LogP contribution >= 0.6 is 0 Å². The molecule has 0 amide bonds. The van der Waals surface area contributed by atoms with E-state index in [1.54, 1.807) is 0 Å². The summed E-state index contributed by atoms with van der Waals surface area (Å²) in [5.74, 6) is 0. The predicted molar refractivity (Wildman–Crippen MR) is 217 cm³/mol. The molecule has 0 heterocycles. The highest BCUT2D eigenvalue weighted by molar-refractivity contribution is 6.10. The Hall–Kier alpha value is -5.92. The van der Waals surface area contributed by atoms with Crippen LogP contribution in [0.4, 0.5) is 17.1 Å². The normalized spacial score (nSPS) is 14.6. The van der Waals surface area contributed by atoms with Crippen molar-refractivity contribution in [3.8, 4) is 33.4 Å². The van der Waals surface area contributed by atoms with Gasteiger partial charge in [0.1, 0.15) is 0 Å². The Morgan fingerprint density at radius 1 is 0.392 bits per heavy atom. The smallest absolute Gasteiger partial charge is 0.0540 e. The SMILES string of the molecule is CC1(C)c2ccccc2-c2ccc(N(c3ccc4c(c3)-c3c(-c5ccccc5)ccc5cccc(c35)C4(C)C)c3cccc4ccccc34)cc21. The quantitative estimate of drug-likeness (QED) is 0.183. The molecule has 0 atom stereocenters. The van der Waals surface area contributed by atoms with E-state index in [4.69, 9.17) is 0 Å². The van der Waals surface area contributed by atoms with Crippen LogP contribution in [0.5, 0.6) is 0 Å². The monoisotopic (exact) mass is 653 g/mol. The van der Waals surface area contributed by atoms with E-state index >= 15 is 0 Å². The first-order valence-electron chi connectivity index (χ1n) is 18.1. The lowest BCUT2D eigenvalue weighted by Gasteiger charge is -2.37. The fraction of sp³-hybridized carbons (Fsp3) is 0.120. The Morgan fingerprint density at radius 2 is 1.00 bits per heavy atom. The topological polar surface area (TPSA) is 3.24 Å². The van der Waals surface area contributed by atoms with Gasteiger partial charge in [-0.3, -0.25) is 0 Å². The molecule has 51 heavy (non-hydrogen) atoms. The van der Waals surface area contributed by atoms with Crippen molar-refractivity contribution < 1.29 is 0 Å². The standard InChI is InChI=1S/C50H39N/c1-49(2)43-29-26-35(30-41(43)48-38(33-14-6-5-7-15-33)27-24-34-18-12-22-44(49)47(34)48)51(46-23-13-17-32-16-8-9-19-37(32)46)36-25-28-40-39-20-10-11-21-42(39)50(3,4)45(40)31-36/h5-31H,1-4H3. The molecule has 244 valence electrons. The highest BCUT2D eigenvalue weighted by Gasteiger charge is 2.37. The molecule has 0 aliphatic heterocycles. The number of anilines is 3. The molecule has 8 aromatic rings.